The molecular weight excluding hydrogens is 469 g/mol. The molecule has 0 amide bonds. The highest BCUT2D eigenvalue weighted by molar-refractivity contribution is 9.10. The minimum Gasteiger partial charge on any atom is -0.343 e. The topological polar surface area (TPSA) is 39.1 Å². The van der Waals surface area contributed by atoms with Crippen LogP contribution in [0.3, 0.4) is 0 Å². The monoisotopic (exact) mass is 485 g/mol. The Labute approximate surface area is 179 Å². The zero-order chi connectivity index (χ0) is 19.7. The molecule has 0 saturated carbocycles. The molecule has 0 radical (unpaired) electrons. The summed E-state index contributed by atoms with van der Waals surface area (Å²) in [5.74, 6) is 0.466. The third-order valence-corrected chi connectivity index (χ3v) is 6.85. The molecule has 0 saturated heterocycles. The number of aromatic nitrogens is 1. The average molecular weight is 487 g/mol. The van der Waals surface area contributed by atoms with Gasteiger partial charge in [-0.1, -0.05) is 41.4 Å². The van der Waals surface area contributed by atoms with Gasteiger partial charge in [-0.15, -0.1) is 0 Å². The van der Waals surface area contributed by atoms with E-state index in [1.54, 1.807) is 24.5 Å². The minimum atomic E-state index is -0.846. The zero-order valence-corrected chi connectivity index (χ0v) is 18.8. The number of rotatable bonds is 6. The third-order valence-electron chi connectivity index (χ3n) is 4.53. The van der Waals surface area contributed by atoms with Crippen LogP contribution in [0.5, 0.6) is 0 Å². The summed E-state index contributed by atoms with van der Waals surface area (Å²) in [5.41, 5.74) is 2.83. The Kier molecular flexibility index (Phi) is 6.46. The highest BCUT2D eigenvalue weighted by Gasteiger charge is 2.24. The van der Waals surface area contributed by atoms with Crippen molar-refractivity contribution in [3.05, 3.63) is 67.7 Å². The number of hydrogen-bond acceptors (Lipinski definition) is 2. The molecule has 1 aromatic heterocycles. The summed E-state index contributed by atoms with van der Waals surface area (Å²) in [6.07, 6.45) is 2.47. The number of benzene rings is 2. The molecule has 0 aliphatic heterocycles. The van der Waals surface area contributed by atoms with E-state index in [1.165, 1.54) is 0 Å². The maximum Gasteiger partial charge on any atom is 0.197 e. The van der Waals surface area contributed by atoms with E-state index in [2.05, 4.69) is 20.5 Å². The molecule has 142 valence electrons. The summed E-state index contributed by atoms with van der Waals surface area (Å²) in [4.78, 5) is 13.3. The third kappa shape index (κ3) is 4.02. The van der Waals surface area contributed by atoms with Gasteiger partial charge in [0.2, 0.25) is 0 Å². The Morgan fingerprint density at radius 2 is 1.89 bits per heavy atom. The highest BCUT2D eigenvalue weighted by Crippen LogP contribution is 2.35. The minimum absolute atomic E-state index is 0.152. The second-order valence-electron chi connectivity index (χ2n) is 6.31. The number of para-hydroxylation sites is 1. The van der Waals surface area contributed by atoms with Gasteiger partial charge in [-0.3, -0.25) is 9.00 Å². The van der Waals surface area contributed by atoms with Gasteiger partial charge >= 0.3 is 0 Å². The SMILES string of the molecule is Cc1c(C(=O)c2cccc(Cl)c2Cl)c2cccc(Br)c2n1CCCS(C)=O. The van der Waals surface area contributed by atoms with Crippen LogP contribution in [0.1, 0.15) is 28.0 Å². The first-order valence-corrected chi connectivity index (χ1v) is 11.7. The number of ketones is 1. The van der Waals surface area contributed by atoms with Crippen molar-refractivity contribution in [2.45, 2.75) is 19.9 Å². The lowest BCUT2D eigenvalue weighted by molar-refractivity contribution is 0.103. The van der Waals surface area contributed by atoms with E-state index in [0.29, 0.717) is 28.4 Å². The summed E-state index contributed by atoms with van der Waals surface area (Å²) >= 11 is 16.0. The number of fused-ring (bicyclic) bond motifs is 1. The maximum absolute atomic E-state index is 13.3. The standard InChI is InChI=1S/C20H18BrCl2NO2S/c1-12-17(20(25)14-7-4-9-16(22)18(14)23)13-6-3-8-15(21)19(13)24(12)10-5-11-27(2)26/h3-4,6-9H,5,10-11H2,1-2H3. The largest absolute Gasteiger partial charge is 0.343 e. The van der Waals surface area contributed by atoms with E-state index in [9.17, 15) is 9.00 Å². The molecule has 0 aliphatic carbocycles. The van der Waals surface area contributed by atoms with Crippen molar-refractivity contribution in [3.8, 4) is 0 Å². The number of carbonyl (C=O) groups is 1. The molecule has 0 N–H and O–H groups in total. The molecule has 3 aromatic rings. The van der Waals surface area contributed by atoms with Crippen molar-refractivity contribution in [3.63, 3.8) is 0 Å². The second kappa shape index (κ2) is 8.48. The van der Waals surface area contributed by atoms with Crippen molar-refractivity contribution >= 4 is 66.6 Å². The van der Waals surface area contributed by atoms with Gasteiger partial charge in [-0.2, -0.15) is 0 Å². The molecule has 3 nitrogen and oxygen atoms in total. The lowest BCUT2D eigenvalue weighted by Gasteiger charge is -2.09. The summed E-state index contributed by atoms with van der Waals surface area (Å²) in [6, 6.07) is 10.9. The zero-order valence-electron chi connectivity index (χ0n) is 14.9. The van der Waals surface area contributed by atoms with Crippen molar-refractivity contribution in [1.82, 2.24) is 4.57 Å². The fraction of sp³-hybridized carbons (Fsp3) is 0.250. The molecule has 0 fully saturated rings. The van der Waals surface area contributed by atoms with Crippen LogP contribution in [0.2, 0.25) is 10.0 Å². The maximum atomic E-state index is 13.3. The summed E-state index contributed by atoms with van der Waals surface area (Å²) in [6.45, 7) is 2.61. The molecule has 0 spiro atoms. The highest BCUT2D eigenvalue weighted by atomic mass is 79.9. The van der Waals surface area contributed by atoms with E-state index in [-0.39, 0.29) is 10.8 Å². The van der Waals surface area contributed by atoms with Gasteiger partial charge in [0, 0.05) is 50.5 Å². The fourth-order valence-corrected chi connectivity index (χ4v) is 4.80. The van der Waals surface area contributed by atoms with E-state index >= 15 is 0 Å². The Bertz CT molecular complexity index is 1060. The Hall–Kier alpha value is -1.14. The molecule has 27 heavy (non-hydrogen) atoms. The predicted octanol–water partition coefficient (Wildman–Crippen LogP) is 6.02. The smallest absolute Gasteiger partial charge is 0.197 e. The number of carbonyl (C=O) groups excluding carboxylic acids is 1. The van der Waals surface area contributed by atoms with E-state index in [4.69, 9.17) is 23.2 Å². The Balaban J connectivity index is 2.17. The van der Waals surface area contributed by atoms with Gasteiger partial charge in [-0.05, 0) is 47.5 Å². The van der Waals surface area contributed by atoms with E-state index < -0.39 is 10.8 Å². The average Bonchev–Trinajstić information content (AvgIpc) is 2.90. The summed E-state index contributed by atoms with van der Waals surface area (Å²) in [7, 11) is -0.846. The number of nitrogens with zero attached hydrogens (tertiary/aromatic N) is 1. The summed E-state index contributed by atoms with van der Waals surface area (Å²) < 4.78 is 14.5. The van der Waals surface area contributed by atoms with Gasteiger partial charge < -0.3 is 4.57 Å². The molecule has 2 aromatic carbocycles. The number of aryl methyl sites for hydroxylation is 1. The number of hydrogen-bond donors (Lipinski definition) is 0. The van der Waals surface area contributed by atoms with Crippen LogP contribution >= 0.6 is 39.1 Å². The molecular formula is C20H18BrCl2NO2S. The second-order valence-corrected chi connectivity index (χ2v) is 9.50. The lowest BCUT2D eigenvalue weighted by atomic mass is 10.0. The van der Waals surface area contributed by atoms with Gasteiger partial charge in [0.25, 0.3) is 0 Å². The van der Waals surface area contributed by atoms with E-state index in [1.807, 2.05) is 25.1 Å². The molecule has 1 unspecified atom stereocenters. The van der Waals surface area contributed by atoms with Crippen LogP contribution < -0.4 is 0 Å². The summed E-state index contributed by atoms with van der Waals surface area (Å²) in [5, 5.41) is 1.48. The van der Waals surface area contributed by atoms with Crippen molar-refractivity contribution in [2.24, 2.45) is 0 Å². The first-order valence-electron chi connectivity index (χ1n) is 8.39. The van der Waals surface area contributed by atoms with Crippen LogP contribution in [-0.4, -0.2) is 26.6 Å². The van der Waals surface area contributed by atoms with Crippen LogP contribution in [0.25, 0.3) is 10.9 Å². The van der Waals surface area contributed by atoms with Gasteiger partial charge in [0.15, 0.2) is 5.78 Å². The molecule has 1 atom stereocenters. The molecule has 3 rings (SSSR count). The quantitative estimate of drug-likeness (QED) is 0.399. The van der Waals surface area contributed by atoms with Crippen LogP contribution in [0, 0.1) is 6.92 Å². The predicted molar refractivity (Wildman–Crippen MR) is 118 cm³/mol. The number of halogens is 3. The molecule has 0 aliphatic rings. The van der Waals surface area contributed by atoms with Crippen molar-refractivity contribution in [1.29, 1.82) is 0 Å². The van der Waals surface area contributed by atoms with Crippen LogP contribution in [0.4, 0.5) is 0 Å². The Morgan fingerprint density at radius 3 is 2.59 bits per heavy atom. The van der Waals surface area contributed by atoms with Gasteiger partial charge in [0.1, 0.15) is 0 Å². The normalized spacial score (nSPS) is 12.5. The lowest BCUT2D eigenvalue weighted by Crippen LogP contribution is -2.08. The molecule has 0 bridgehead atoms. The van der Waals surface area contributed by atoms with Crippen LogP contribution in [0.15, 0.2) is 40.9 Å². The van der Waals surface area contributed by atoms with Crippen molar-refractivity contribution in [2.75, 3.05) is 12.0 Å². The van der Waals surface area contributed by atoms with Gasteiger partial charge in [0.05, 0.1) is 21.1 Å². The first-order chi connectivity index (χ1) is 12.8. The van der Waals surface area contributed by atoms with Crippen LogP contribution in [-0.2, 0) is 17.3 Å². The molecule has 1 heterocycles. The van der Waals surface area contributed by atoms with E-state index in [0.717, 1.165) is 27.5 Å². The Morgan fingerprint density at radius 1 is 1.19 bits per heavy atom. The molecule has 7 heteroatoms. The fourth-order valence-electron chi connectivity index (χ4n) is 3.29. The first kappa shape index (κ1) is 20.6. The van der Waals surface area contributed by atoms with Gasteiger partial charge in [-0.25, -0.2) is 0 Å². The van der Waals surface area contributed by atoms with Crippen molar-refractivity contribution < 1.29 is 9.00 Å².